The summed E-state index contributed by atoms with van der Waals surface area (Å²) in [6, 6.07) is 4.94. The summed E-state index contributed by atoms with van der Waals surface area (Å²) < 4.78 is 16.8. The summed E-state index contributed by atoms with van der Waals surface area (Å²) in [5.41, 5.74) is 1.69. The van der Waals surface area contributed by atoms with Crippen LogP contribution in [0.2, 0.25) is 0 Å². The van der Waals surface area contributed by atoms with Gasteiger partial charge in [-0.1, -0.05) is 37.6 Å². The predicted molar refractivity (Wildman–Crippen MR) is 121 cm³/mol. The number of fused-ring (bicyclic) bond motifs is 1. The van der Waals surface area contributed by atoms with E-state index in [1.54, 1.807) is 25.9 Å². The van der Waals surface area contributed by atoms with Gasteiger partial charge in [-0.05, 0) is 38.0 Å². The molecule has 2 aliphatic rings. The molecule has 2 aliphatic heterocycles. The molecule has 1 atom stereocenters. The Morgan fingerprint density at radius 2 is 2.06 bits per heavy atom. The highest BCUT2D eigenvalue weighted by molar-refractivity contribution is 8.14. The molecule has 1 aromatic carbocycles. The minimum atomic E-state index is -0.616. The van der Waals surface area contributed by atoms with Gasteiger partial charge in [0.2, 0.25) is 5.91 Å². The third kappa shape index (κ3) is 5.06. The maximum atomic E-state index is 12.9. The van der Waals surface area contributed by atoms with Crippen LogP contribution >= 0.6 is 11.8 Å². The Morgan fingerprint density at radius 3 is 2.77 bits per heavy atom. The summed E-state index contributed by atoms with van der Waals surface area (Å²) in [7, 11) is 1.58. The van der Waals surface area contributed by atoms with Gasteiger partial charge in [0, 0.05) is 12.2 Å². The number of amidine groups is 1. The van der Waals surface area contributed by atoms with Crippen LogP contribution in [-0.4, -0.2) is 48.0 Å². The van der Waals surface area contributed by atoms with E-state index in [0.717, 1.165) is 24.8 Å². The summed E-state index contributed by atoms with van der Waals surface area (Å²) in [6.07, 6.45) is 3.59. The van der Waals surface area contributed by atoms with Crippen molar-refractivity contribution in [2.24, 2.45) is 4.99 Å². The first kappa shape index (κ1) is 23.2. The number of benzene rings is 1. The van der Waals surface area contributed by atoms with Gasteiger partial charge in [-0.15, -0.1) is 0 Å². The molecule has 7 nitrogen and oxygen atoms in total. The molecule has 31 heavy (non-hydrogen) atoms. The van der Waals surface area contributed by atoms with E-state index in [4.69, 9.17) is 14.2 Å². The second kappa shape index (κ2) is 10.7. The highest BCUT2D eigenvalue weighted by Crippen LogP contribution is 2.42. The van der Waals surface area contributed by atoms with Gasteiger partial charge in [0.25, 0.3) is 0 Å². The number of aliphatic imine (C=N–C) groups is 1. The van der Waals surface area contributed by atoms with Crippen LogP contribution < -0.4 is 9.47 Å². The van der Waals surface area contributed by atoms with Gasteiger partial charge in [-0.25, -0.2) is 9.79 Å². The Morgan fingerprint density at radius 1 is 1.26 bits per heavy atom. The first-order chi connectivity index (χ1) is 15.0. The molecule has 0 aromatic heterocycles. The van der Waals surface area contributed by atoms with E-state index >= 15 is 0 Å². The van der Waals surface area contributed by atoms with Crippen LogP contribution in [0.5, 0.6) is 11.5 Å². The minimum absolute atomic E-state index is 0.0596. The zero-order valence-corrected chi connectivity index (χ0v) is 19.4. The van der Waals surface area contributed by atoms with E-state index < -0.39 is 12.0 Å². The van der Waals surface area contributed by atoms with Crippen LogP contribution in [0.3, 0.4) is 0 Å². The lowest BCUT2D eigenvalue weighted by Crippen LogP contribution is -2.45. The molecule has 168 valence electrons. The van der Waals surface area contributed by atoms with Crippen molar-refractivity contribution < 1.29 is 23.8 Å². The number of amides is 1. The highest BCUT2D eigenvalue weighted by Gasteiger charge is 2.41. The van der Waals surface area contributed by atoms with Crippen LogP contribution in [0.4, 0.5) is 0 Å². The molecule has 0 radical (unpaired) electrons. The molecule has 1 amide bonds. The fraction of sp³-hybridized carbons (Fsp3) is 0.522. The van der Waals surface area contributed by atoms with Gasteiger partial charge in [0.1, 0.15) is 0 Å². The van der Waals surface area contributed by atoms with Gasteiger partial charge in [0.15, 0.2) is 16.7 Å². The molecule has 3 rings (SSSR count). The zero-order valence-electron chi connectivity index (χ0n) is 18.6. The number of methoxy groups -OCH3 is 1. The number of hydrogen-bond donors (Lipinski definition) is 0. The standard InChI is InChI=1S/C23H30N2O5S/c1-5-7-8-12-30-17-10-9-16(14-18(17)28-4)21-20(22(27)29-6-2)15(3)24-23-25(21)19(26)11-13-31-23/h9-10,14,21H,5-8,11-13H2,1-4H3/t21-/m1/s1. The Kier molecular flexibility index (Phi) is 8.01. The van der Waals surface area contributed by atoms with Crippen LogP contribution in [-0.2, 0) is 14.3 Å². The average molecular weight is 447 g/mol. The number of rotatable bonds is 9. The van der Waals surface area contributed by atoms with Crippen LogP contribution in [0.1, 0.15) is 58.1 Å². The second-order valence-electron chi connectivity index (χ2n) is 7.34. The first-order valence-corrected chi connectivity index (χ1v) is 11.7. The third-order valence-electron chi connectivity index (χ3n) is 5.21. The monoisotopic (exact) mass is 446 g/mol. The van der Waals surface area contributed by atoms with E-state index in [9.17, 15) is 9.59 Å². The van der Waals surface area contributed by atoms with E-state index in [-0.39, 0.29) is 12.5 Å². The van der Waals surface area contributed by atoms with E-state index in [2.05, 4.69) is 11.9 Å². The molecule has 1 fully saturated rings. The molecular formula is C23H30N2O5S. The quantitative estimate of drug-likeness (QED) is 0.411. The molecule has 0 bridgehead atoms. The maximum absolute atomic E-state index is 12.9. The number of esters is 1. The van der Waals surface area contributed by atoms with Crippen molar-refractivity contribution in [3.8, 4) is 11.5 Å². The Hall–Kier alpha value is -2.48. The van der Waals surface area contributed by atoms with Gasteiger partial charge in [-0.2, -0.15) is 0 Å². The van der Waals surface area contributed by atoms with Gasteiger partial charge in [0.05, 0.1) is 37.6 Å². The first-order valence-electron chi connectivity index (χ1n) is 10.7. The minimum Gasteiger partial charge on any atom is -0.493 e. The largest absolute Gasteiger partial charge is 0.493 e. The summed E-state index contributed by atoms with van der Waals surface area (Å²) in [5.74, 6) is 1.36. The Bertz CT molecular complexity index is 896. The van der Waals surface area contributed by atoms with Crippen molar-refractivity contribution in [3.05, 3.63) is 35.0 Å². The van der Waals surface area contributed by atoms with Crippen molar-refractivity contribution in [3.63, 3.8) is 0 Å². The fourth-order valence-corrected chi connectivity index (χ4v) is 4.70. The molecule has 1 saturated heterocycles. The van der Waals surface area contributed by atoms with E-state index in [1.165, 1.54) is 11.8 Å². The number of carbonyl (C=O) groups is 2. The Balaban J connectivity index is 2.01. The molecule has 8 heteroatoms. The zero-order chi connectivity index (χ0) is 22.4. The highest BCUT2D eigenvalue weighted by atomic mass is 32.2. The summed E-state index contributed by atoms with van der Waals surface area (Å²) in [6.45, 7) is 6.54. The van der Waals surface area contributed by atoms with Crippen molar-refractivity contribution in [2.45, 2.75) is 52.5 Å². The van der Waals surface area contributed by atoms with E-state index in [0.29, 0.717) is 46.7 Å². The summed E-state index contributed by atoms with van der Waals surface area (Å²) in [5, 5.41) is 0.616. The molecule has 0 unspecified atom stereocenters. The molecular weight excluding hydrogens is 416 g/mol. The van der Waals surface area contributed by atoms with Crippen LogP contribution in [0.15, 0.2) is 34.5 Å². The maximum Gasteiger partial charge on any atom is 0.338 e. The van der Waals surface area contributed by atoms with Crippen LogP contribution in [0.25, 0.3) is 0 Å². The number of thioether (sulfide) groups is 1. The molecule has 0 aliphatic carbocycles. The topological polar surface area (TPSA) is 77.4 Å². The fourth-order valence-electron chi connectivity index (χ4n) is 3.69. The Labute approximate surface area is 187 Å². The molecule has 0 spiro atoms. The molecule has 2 heterocycles. The van der Waals surface area contributed by atoms with Crippen molar-refractivity contribution in [2.75, 3.05) is 26.1 Å². The number of hydrogen-bond acceptors (Lipinski definition) is 7. The number of nitrogens with zero attached hydrogens (tertiary/aromatic N) is 2. The predicted octanol–water partition coefficient (Wildman–Crippen LogP) is 4.48. The number of ether oxygens (including phenoxy) is 3. The lowest BCUT2D eigenvalue weighted by Gasteiger charge is -2.39. The molecule has 0 N–H and O–H groups in total. The summed E-state index contributed by atoms with van der Waals surface area (Å²) in [4.78, 5) is 31.9. The number of allylic oxidation sites excluding steroid dienone is 1. The lowest BCUT2D eigenvalue weighted by atomic mass is 9.94. The normalized spacial score (nSPS) is 18.5. The molecule has 1 aromatic rings. The third-order valence-corrected chi connectivity index (χ3v) is 6.17. The SMILES string of the molecule is CCCCCOc1ccc([C@@H]2C(C(=O)OCC)=C(C)N=C3SCCC(=O)N32)cc1OC. The van der Waals surface area contributed by atoms with Crippen molar-refractivity contribution >= 4 is 28.8 Å². The lowest BCUT2D eigenvalue weighted by molar-refractivity contribution is -0.139. The van der Waals surface area contributed by atoms with Gasteiger partial charge in [-0.3, -0.25) is 9.69 Å². The van der Waals surface area contributed by atoms with Crippen molar-refractivity contribution in [1.29, 1.82) is 0 Å². The van der Waals surface area contributed by atoms with Crippen LogP contribution in [0, 0.1) is 0 Å². The van der Waals surface area contributed by atoms with Gasteiger partial charge >= 0.3 is 5.97 Å². The summed E-state index contributed by atoms with van der Waals surface area (Å²) >= 11 is 1.52. The van der Waals surface area contributed by atoms with Crippen molar-refractivity contribution in [1.82, 2.24) is 4.90 Å². The average Bonchev–Trinajstić information content (AvgIpc) is 2.76. The second-order valence-corrected chi connectivity index (χ2v) is 8.41. The number of carbonyl (C=O) groups excluding carboxylic acids is 2. The molecule has 0 saturated carbocycles. The smallest absolute Gasteiger partial charge is 0.338 e. The van der Waals surface area contributed by atoms with Gasteiger partial charge < -0.3 is 14.2 Å². The van der Waals surface area contributed by atoms with E-state index in [1.807, 2.05) is 18.2 Å². The number of unbranched alkanes of at least 4 members (excludes halogenated alkanes) is 2.